The van der Waals surface area contributed by atoms with E-state index in [0.717, 1.165) is 29.9 Å². The number of carbonyl (C=O) groups excluding carboxylic acids is 1. The van der Waals surface area contributed by atoms with Crippen molar-refractivity contribution in [1.29, 1.82) is 0 Å². The summed E-state index contributed by atoms with van der Waals surface area (Å²) in [6.07, 6.45) is 1.72. The lowest BCUT2D eigenvalue weighted by Gasteiger charge is -2.26. The standard InChI is InChI=1S/C28H37NO5Si2/c1-32-23-15-16-24(25(30)19-23)28(31)29-22-13-10-20(11-14-22)8-9-21-12-17-26(33-35(2,3)4)27(18-21)34-36(5,6)7/h10-19,30H,8-9H2,1-7H3,(H,29,31). The van der Waals surface area contributed by atoms with Gasteiger partial charge in [0, 0.05) is 11.8 Å². The van der Waals surface area contributed by atoms with E-state index in [2.05, 4.69) is 56.7 Å². The van der Waals surface area contributed by atoms with Crippen LogP contribution in [0, 0.1) is 0 Å². The predicted octanol–water partition coefficient (Wildman–Crippen LogP) is 6.87. The number of carbonyl (C=O) groups is 1. The number of hydrogen-bond acceptors (Lipinski definition) is 5. The number of aromatic hydroxyl groups is 1. The Kier molecular flexibility index (Phi) is 8.52. The molecular formula is C28H37NO5Si2. The van der Waals surface area contributed by atoms with Crippen LogP contribution in [0.4, 0.5) is 5.69 Å². The molecule has 0 aromatic heterocycles. The molecule has 6 nitrogen and oxygen atoms in total. The van der Waals surface area contributed by atoms with Crippen molar-refractivity contribution in [3.63, 3.8) is 0 Å². The minimum atomic E-state index is -1.79. The maximum absolute atomic E-state index is 12.5. The Labute approximate surface area is 216 Å². The van der Waals surface area contributed by atoms with Gasteiger partial charge in [-0.2, -0.15) is 0 Å². The largest absolute Gasteiger partial charge is 0.542 e. The molecule has 0 fully saturated rings. The molecule has 0 aliphatic rings. The summed E-state index contributed by atoms with van der Waals surface area (Å²) in [5, 5.41) is 12.9. The third-order valence-electron chi connectivity index (χ3n) is 5.20. The lowest BCUT2D eigenvalue weighted by atomic mass is 10.0. The molecule has 192 valence electrons. The molecule has 0 heterocycles. The molecule has 3 aromatic carbocycles. The van der Waals surface area contributed by atoms with Crippen molar-refractivity contribution in [3.05, 3.63) is 77.4 Å². The second-order valence-corrected chi connectivity index (χ2v) is 19.6. The average Bonchev–Trinajstić information content (AvgIpc) is 2.78. The maximum Gasteiger partial charge on any atom is 0.259 e. The van der Waals surface area contributed by atoms with Gasteiger partial charge in [-0.05, 0) is 99.6 Å². The van der Waals surface area contributed by atoms with E-state index >= 15 is 0 Å². The van der Waals surface area contributed by atoms with E-state index in [1.807, 2.05) is 30.3 Å². The fraction of sp³-hybridized carbons (Fsp3) is 0.321. The van der Waals surface area contributed by atoms with Crippen molar-refractivity contribution >= 4 is 28.2 Å². The van der Waals surface area contributed by atoms with Crippen LogP contribution in [-0.2, 0) is 12.8 Å². The molecule has 0 spiro atoms. The first-order valence-electron chi connectivity index (χ1n) is 12.1. The number of hydrogen-bond donors (Lipinski definition) is 2. The Hall–Kier alpha value is -3.24. The summed E-state index contributed by atoms with van der Waals surface area (Å²) in [5.41, 5.74) is 3.21. The molecule has 0 unspecified atom stereocenters. The van der Waals surface area contributed by atoms with Gasteiger partial charge < -0.3 is 24.0 Å². The molecule has 3 rings (SSSR count). The summed E-state index contributed by atoms with van der Waals surface area (Å²) in [5.74, 6) is 1.67. The van der Waals surface area contributed by atoms with Gasteiger partial charge in [0.15, 0.2) is 0 Å². The summed E-state index contributed by atoms with van der Waals surface area (Å²) in [4.78, 5) is 12.5. The van der Waals surface area contributed by atoms with Crippen molar-refractivity contribution in [2.45, 2.75) is 52.1 Å². The van der Waals surface area contributed by atoms with Gasteiger partial charge >= 0.3 is 0 Å². The highest BCUT2D eigenvalue weighted by Crippen LogP contribution is 2.33. The summed E-state index contributed by atoms with van der Waals surface area (Å²) < 4.78 is 17.7. The number of nitrogens with one attached hydrogen (secondary N) is 1. The van der Waals surface area contributed by atoms with Crippen molar-refractivity contribution in [2.75, 3.05) is 12.4 Å². The lowest BCUT2D eigenvalue weighted by Crippen LogP contribution is -2.32. The Morgan fingerprint density at radius 3 is 1.94 bits per heavy atom. The fourth-order valence-corrected chi connectivity index (χ4v) is 5.25. The first-order chi connectivity index (χ1) is 16.8. The molecule has 0 aliphatic heterocycles. The smallest absolute Gasteiger partial charge is 0.259 e. The van der Waals surface area contributed by atoms with Crippen molar-refractivity contribution in [3.8, 4) is 23.0 Å². The first-order valence-corrected chi connectivity index (χ1v) is 18.9. The molecular weight excluding hydrogens is 486 g/mol. The zero-order chi connectivity index (χ0) is 26.5. The van der Waals surface area contributed by atoms with Gasteiger partial charge in [-0.1, -0.05) is 18.2 Å². The number of phenolic OH excluding ortho intramolecular Hbond substituents is 1. The molecule has 0 saturated carbocycles. The molecule has 0 atom stereocenters. The third kappa shape index (κ3) is 8.17. The van der Waals surface area contributed by atoms with E-state index < -0.39 is 16.6 Å². The SMILES string of the molecule is COc1ccc(C(=O)Nc2ccc(CCc3ccc(O[Si](C)(C)C)c(O[Si](C)(C)C)c3)cc2)c(O)c1. The Morgan fingerprint density at radius 1 is 0.778 bits per heavy atom. The molecule has 0 radical (unpaired) electrons. The van der Waals surface area contributed by atoms with E-state index in [-0.39, 0.29) is 17.2 Å². The minimum absolute atomic E-state index is 0.123. The molecule has 1 amide bonds. The number of rotatable bonds is 10. The number of benzene rings is 3. The zero-order valence-electron chi connectivity index (χ0n) is 22.3. The van der Waals surface area contributed by atoms with E-state index in [9.17, 15) is 9.90 Å². The number of phenols is 1. The predicted molar refractivity (Wildman–Crippen MR) is 151 cm³/mol. The van der Waals surface area contributed by atoms with E-state index in [1.54, 1.807) is 6.07 Å². The van der Waals surface area contributed by atoms with Crippen LogP contribution >= 0.6 is 0 Å². The molecule has 3 aromatic rings. The van der Waals surface area contributed by atoms with Crippen LogP contribution in [0.1, 0.15) is 21.5 Å². The Balaban J connectivity index is 1.65. The average molecular weight is 524 g/mol. The molecule has 8 heteroatoms. The van der Waals surface area contributed by atoms with Gasteiger partial charge in [0.05, 0.1) is 12.7 Å². The second kappa shape index (κ2) is 11.2. The van der Waals surface area contributed by atoms with Crippen LogP contribution in [-0.4, -0.2) is 34.8 Å². The number of aryl methyl sites for hydroxylation is 2. The Bertz CT molecular complexity index is 1200. The zero-order valence-corrected chi connectivity index (χ0v) is 24.3. The summed E-state index contributed by atoms with van der Waals surface area (Å²) in [7, 11) is -2.03. The molecule has 0 bridgehead atoms. The van der Waals surface area contributed by atoms with Crippen LogP contribution in [0.3, 0.4) is 0 Å². The minimum Gasteiger partial charge on any atom is -0.542 e. The molecule has 2 N–H and O–H groups in total. The van der Waals surface area contributed by atoms with Gasteiger partial charge in [-0.15, -0.1) is 0 Å². The summed E-state index contributed by atoms with van der Waals surface area (Å²) >= 11 is 0. The van der Waals surface area contributed by atoms with Gasteiger partial charge in [0.25, 0.3) is 5.91 Å². The fourth-order valence-electron chi connectivity index (χ4n) is 3.60. The van der Waals surface area contributed by atoms with Crippen molar-refractivity contribution in [1.82, 2.24) is 0 Å². The quantitative estimate of drug-likeness (QED) is 0.284. The van der Waals surface area contributed by atoms with Crippen LogP contribution in [0.25, 0.3) is 0 Å². The molecule has 36 heavy (non-hydrogen) atoms. The maximum atomic E-state index is 12.5. The number of amides is 1. The highest BCUT2D eigenvalue weighted by molar-refractivity contribution is 6.71. The summed E-state index contributed by atoms with van der Waals surface area (Å²) in [6, 6.07) is 18.6. The van der Waals surface area contributed by atoms with Gasteiger partial charge in [0.2, 0.25) is 16.6 Å². The topological polar surface area (TPSA) is 77.0 Å². The van der Waals surface area contributed by atoms with Crippen LogP contribution in [0.5, 0.6) is 23.0 Å². The lowest BCUT2D eigenvalue weighted by molar-refractivity contribution is 0.102. The van der Waals surface area contributed by atoms with Gasteiger partial charge in [-0.3, -0.25) is 4.79 Å². The third-order valence-corrected chi connectivity index (χ3v) is 6.87. The second-order valence-electron chi connectivity index (χ2n) is 10.7. The monoisotopic (exact) mass is 523 g/mol. The van der Waals surface area contributed by atoms with Crippen molar-refractivity contribution < 1.29 is 23.5 Å². The van der Waals surface area contributed by atoms with Crippen LogP contribution in [0.15, 0.2) is 60.7 Å². The number of ether oxygens (including phenoxy) is 1. The van der Waals surface area contributed by atoms with Crippen LogP contribution in [0.2, 0.25) is 39.3 Å². The molecule has 0 saturated heterocycles. The van der Waals surface area contributed by atoms with Crippen LogP contribution < -0.4 is 18.9 Å². The van der Waals surface area contributed by atoms with E-state index in [4.69, 9.17) is 13.6 Å². The number of methoxy groups -OCH3 is 1. The number of anilines is 1. The highest BCUT2D eigenvalue weighted by Gasteiger charge is 2.23. The van der Waals surface area contributed by atoms with Crippen molar-refractivity contribution in [2.24, 2.45) is 0 Å². The van der Waals surface area contributed by atoms with E-state index in [1.165, 1.54) is 24.8 Å². The Morgan fingerprint density at radius 2 is 1.36 bits per heavy atom. The first kappa shape index (κ1) is 27.4. The normalized spacial score (nSPS) is 11.6. The summed E-state index contributed by atoms with van der Waals surface area (Å²) in [6.45, 7) is 13.0. The molecule has 0 aliphatic carbocycles. The van der Waals surface area contributed by atoms with Gasteiger partial charge in [-0.25, -0.2) is 0 Å². The highest BCUT2D eigenvalue weighted by atomic mass is 28.4. The van der Waals surface area contributed by atoms with Gasteiger partial charge in [0.1, 0.15) is 23.0 Å². The van der Waals surface area contributed by atoms with E-state index in [0.29, 0.717) is 11.4 Å².